The van der Waals surface area contributed by atoms with Gasteiger partial charge in [-0.25, -0.2) is 0 Å². The van der Waals surface area contributed by atoms with Crippen LogP contribution in [-0.2, 0) is 0 Å². The van der Waals surface area contributed by atoms with Gasteiger partial charge in [0.2, 0.25) is 0 Å². The smallest absolute Gasteiger partial charge is 0.123 e. The zero-order valence-electron chi connectivity index (χ0n) is 11.6. The summed E-state index contributed by atoms with van der Waals surface area (Å²) in [6, 6.07) is 8.76. The summed E-state index contributed by atoms with van der Waals surface area (Å²) >= 11 is 0. The van der Waals surface area contributed by atoms with E-state index in [2.05, 4.69) is 38.1 Å². The van der Waals surface area contributed by atoms with E-state index in [1.165, 1.54) is 12.0 Å². The molecule has 18 heavy (non-hydrogen) atoms. The molecule has 2 nitrogen and oxygen atoms in total. The van der Waals surface area contributed by atoms with Crippen molar-refractivity contribution in [1.82, 2.24) is 0 Å². The average Bonchev–Trinajstić information content (AvgIpc) is 2.38. The molecule has 0 bridgehead atoms. The summed E-state index contributed by atoms with van der Waals surface area (Å²) in [5.41, 5.74) is 7.36. The van der Waals surface area contributed by atoms with Crippen molar-refractivity contribution in [3.05, 3.63) is 29.8 Å². The zero-order chi connectivity index (χ0) is 13.0. The van der Waals surface area contributed by atoms with E-state index in [4.69, 9.17) is 10.5 Å². The van der Waals surface area contributed by atoms with Gasteiger partial charge >= 0.3 is 0 Å². The highest BCUT2D eigenvalue weighted by Crippen LogP contribution is 2.31. The van der Waals surface area contributed by atoms with Gasteiger partial charge in [-0.2, -0.15) is 0 Å². The highest BCUT2D eigenvalue weighted by atomic mass is 16.5. The highest BCUT2D eigenvalue weighted by molar-refractivity contribution is 5.36. The molecule has 0 spiro atoms. The third-order valence-electron chi connectivity index (χ3n) is 4.02. The van der Waals surface area contributed by atoms with Gasteiger partial charge in [-0.05, 0) is 49.7 Å². The fourth-order valence-corrected chi connectivity index (χ4v) is 2.68. The number of para-hydroxylation sites is 1. The number of benzene rings is 1. The SMILES string of the molecule is CCC(C)c1ccccc1OC1CCCC(N)C1. The second kappa shape index (κ2) is 6.24. The molecule has 1 aromatic rings. The molecule has 3 unspecified atom stereocenters. The maximum atomic E-state index is 6.20. The predicted octanol–water partition coefficient (Wildman–Crippen LogP) is 3.85. The summed E-state index contributed by atoms with van der Waals surface area (Å²) in [5, 5.41) is 0. The van der Waals surface area contributed by atoms with Crippen molar-refractivity contribution in [3.63, 3.8) is 0 Å². The average molecular weight is 247 g/mol. The molecule has 2 heteroatoms. The lowest BCUT2D eigenvalue weighted by atomic mass is 9.93. The Morgan fingerprint density at radius 1 is 1.33 bits per heavy atom. The predicted molar refractivity (Wildman–Crippen MR) is 76.0 cm³/mol. The Hall–Kier alpha value is -1.02. The van der Waals surface area contributed by atoms with Gasteiger partial charge in [-0.15, -0.1) is 0 Å². The van der Waals surface area contributed by atoms with Crippen LogP contribution in [0.3, 0.4) is 0 Å². The Kier molecular flexibility index (Phi) is 4.65. The molecule has 0 amide bonds. The molecule has 1 fully saturated rings. The number of hydrogen-bond donors (Lipinski definition) is 1. The molecule has 2 rings (SSSR count). The van der Waals surface area contributed by atoms with Gasteiger partial charge in [-0.1, -0.05) is 32.0 Å². The Bertz CT molecular complexity index is 377. The van der Waals surface area contributed by atoms with Crippen LogP contribution in [0.25, 0.3) is 0 Å². The van der Waals surface area contributed by atoms with Gasteiger partial charge in [0.15, 0.2) is 0 Å². The monoisotopic (exact) mass is 247 g/mol. The molecular formula is C16H25NO. The summed E-state index contributed by atoms with van der Waals surface area (Å²) in [6.07, 6.45) is 5.92. The summed E-state index contributed by atoms with van der Waals surface area (Å²) < 4.78 is 6.20. The van der Waals surface area contributed by atoms with Crippen molar-refractivity contribution in [2.75, 3.05) is 0 Å². The number of nitrogens with two attached hydrogens (primary N) is 1. The van der Waals surface area contributed by atoms with Crippen LogP contribution in [-0.4, -0.2) is 12.1 Å². The molecule has 1 saturated carbocycles. The molecule has 100 valence electrons. The minimum absolute atomic E-state index is 0.305. The van der Waals surface area contributed by atoms with Gasteiger partial charge in [0.05, 0.1) is 0 Å². The second-order valence-corrected chi connectivity index (χ2v) is 5.51. The van der Waals surface area contributed by atoms with Gasteiger partial charge < -0.3 is 10.5 Å². The van der Waals surface area contributed by atoms with E-state index in [0.29, 0.717) is 18.1 Å². The third-order valence-corrected chi connectivity index (χ3v) is 4.02. The third kappa shape index (κ3) is 3.26. The lowest BCUT2D eigenvalue weighted by Crippen LogP contribution is -2.33. The van der Waals surface area contributed by atoms with Crippen molar-refractivity contribution in [2.45, 2.75) is 64.0 Å². The minimum Gasteiger partial charge on any atom is -0.490 e. The van der Waals surface area contributed by atoms with E-state index in [9.17, 15) is 0 Å². The van der Waals surface area contributed by atoms with E-state index in [1.807, 2.05) is 0 Å². The Morgan fingerprint density at radius 2 is 2.11 bits per heavy atom. The lowest BCUT2D eigenvalue weighted by molar-refractivity contribution is 0.142. The van der Waals surface area contributed by atoms with Crippen LogP contribution in [0.1, 0.15) is 57.4 Å². The second-order valence-electron chi connectivity index (χ2n) is 5.51. The molecule has 0 radical (unpaired) electrons. The van der Waals surface area contributed by atoms with Crippen LogP contribution in [0.4, 0.5) is 0 Å². The van der Waals surface area contributed by atoms with Crippen LogP contribution in [0.5, 0.6) is 5.75 Å². The molecule has 1 aromatic carbocycles. The fourth-order valence-electron chi connectivity index (χ4n) is 2.68. The maximum Gasteiger partial charge on any atom is 0.123 e. The largest absolute Gasteiger partial charge is 0.490 e. The Balaban J connectivity index is 2.08. The first-order valence-corrected chi connectivity index (χ1v) is 7.21. The van der Waals surface area contributed by atoms with Crippen molar-refractivity contribution in [3.8, 4) is 5.75 Å². The maximum absolute atomic E-state index is 6.20. The van der Waals surface area contributed by atoms with Crippen LogP contribution >= 0.6 is 0 Å². The first-order valence-electron chi connectivity index (χ1n) is 7.21. The molecule has 2 N–H and O–H groups in total. The first kappa shape index (κ1) is 13.4. The van der Waals surface area contributed by atoms with E-state index in [0.717, 1.165) is 31.4 Å². The number of hydrogen-bond acceptors (Lipinski definition) is 2. The van der Waals surface area contributed by atoms with E-state index in [-0.39, 0.29) is 0 Å². The molecule has 1 aliphatic rings. The van der Waals surface area contributed by atoms with Crippen molar-refractivity contribution in [1.29, 1.82) is 0 Å². The first-order chi connectivity index (χ1) is 8.70. The molecule has 1 aliphatic carbocycles. The summed E-state index contributed by atoms with van der Waals surface area (Å²) in [6.45, 7) is 4.48. The van der Waals surface area contributed by atoms with Crippen LogP contribution in [0, 0.1) is 0 Å². The van der Waals surface area contributed by atoms with Gasteiger partial charge in [0.1, 0.15) is 11.9 Å². The number of rotatable bonds is 4. The van der Waals surface area contributed by atoms with Gasteiger partial charge in [0, 0.05) is 6.04 Å². The summed E-state index contributed by atoms with van der Waals surface area (Å²) in [5.74, 6) is 1.62. The molecule has 0 heterocycles. The minimum atomic E-state index is 0.305. The molecule has 0 saturated heterocycles. The van der Waals surface area contributed by atoms with E-state index < -0.39 is 0 Å². The van der Waals surface area contributed by atoms with E-state index >= 15 is 0 Å². The summed E-state index contributed by atoms with van der Waals surface area (Å²) in [7, 11) is 0. The van der Waals surface area contributed by atoms with E-state index in [1.54, 1.807) is 0 Å². The highest BCUT2D eigenvalue weighted by Gasteiger charge is 2.21. The molecule has 3 atom stereocenters. The Morgan fingerprint density at radius 3 is 2.83 bits per heavy atom. The molecule has 0 aliphatic heterocycles. The topological polar surface area (TPSA) is 35.2 Å². The van der Waals surface area contributed by atoms with Crippen LogP contribution < -0.4 is 10.5 Å². The van der Waals surface area contributed by atoms with Crippen molar-refractivity contribution >= 4 is 0 Å². The molecular weight excluding hydrogens is 222 g/mol. The zero-order valence-corrected chi connectivity index (χ0v) is 11.6. The normalized spacial score (nSPS) is 25.7. The Labute approximate surface area is 111 Å². The van der Waals surface area contributed by atoms with Gasteiger partial charge in [0.25, 0.3) is 0 Å². The molecule has 0 aromatic heterocycles. The standard InChI is InChI=1S/C16H25NO/c1-3-12(2)15-9-4-5-10-16(15)18-14-8-6-7-13(17)11-14/h4-5,9-10,12-14H,3,6-8,11,17H2,1-2H3. The lowest BCUT2D eigenvalue weighted by Gasteiger charge is -2.28. The van der Waals surface area contributed by atoms with Crippen molar-refractivity contribution in [2.24, 2.45) is 5.73 Å². The fraction of sp³-hybridized carbons (Fsp3) is 0.625. The quantitative estimate of drug-likeness (QED) is 0.877. The van der Waals surface area contributed by atoms with Crippen molar-refractivity contribution < 1.29 is 4.74 Å². The van der Waals surface area contributed by atoms with Gasteiger partial charge in [-0.3, -0.25) is 0 Å². The number of ether oxygens (including phenoxy) is 1. The summed E-state index contributed by atoms with van der Waals surface area (Å²) in [4.78, 5) is 0. The van der Waals surface area contributed by atoms with Crippen LogP contribution in [0.15, 0.2) is 24.3 Å². The van der Waals surface area contributed by atoms with Crippen LogP contribution in [0.2, 0.25) is 0 Å².